The van der Waals surface area contributed by atoms with Crippen LogP contribution in [-0.4, -0.2) is 11.6 Å². The highest BCUT2D eigenvalue weighted by molar-refractivity contribution is 7.31. The van der Waals surface area contributed by atoms with Crippen LogP contribution >= 0.6 is 90.7 Å². The predicted molar refractivity (Wildman–Crippen MR) is 607 cm³/mol. The van der Waals surface area contributed by atoms with Crippen LogP contribution in [0, 0.1) is 57.2 Å². The second-order valence-electron chi connectivity index (χ2n) is 39.7. The Balaban J connectivity index is 1.000. The molecule has 2 unspecified atom stereocenters. The fourth-order valence-electron chi connectivity index (χ4n) is 21.1. The summed E-state index contributed by atoms with van der Waals surface area (Å²) in [5.74, 6) is 0.970. The summed E-state index contributed by atoms with van der Waals surface area (Å²) in [5, 5.41) is 44.9. The zero-order valence-electron chi connectivity index (χ0n) is 84.8. The average molecular weight is 1990 g/mol. The number of nitriles is 4. The predicted octanol–water partition coefficient (Wildman–Crippen LogP) is 42.0. The number of carbonyl (C=O) groups excluding carboxylic acids is 2. The lowest BCUT2D eigenvalue weighted by Crippen LogP contribution is -2.01. The smallest absolute Gasteiger partial charge is 0.194 e. The van der Waals surface area contributed by atoms with Crippen LogP contribution in [-0.2, 0) is 38.5 Å². The Kier molecular flexibility index (Phi) is 44.6. The largest absolute Gasteiger partial charge is 0.289 e. The monoisotopic (exact) mass is 1990 g/mol. The number of rotatable bonds is 64. The van der Waals surface area contributed by atoms with Gasteiger partial charge in [0.05, 0.1) is 0 Å². The summed E-state index contributed by atoms with van der Waals surface area (Å²) in [6, 6.07) is 49.0. The van der Waals surface area contributed by atoms with Crippen LogP contribution in [0.25, 0.3) is 103 Å². The van der Waals surface area contributed by atoms with Gasteiger partial charge in [0, 0.05) is 133 Å². The number of benzene rings is 3. The van der Waals surface area contributed by atoms with Crippen LogP contribution in [0.1, 0.15) is 437 Å². The summed E-state index contributed by atoms with van der Waals surface area (Å²) < 4.78 is 2.74. The van der Waals surface area contributed by atoms with E-state index in [4.69, 9.17) is 0 Å². The van der Waals surface area contributed by atoms with Crippen molar-refractivity contribution in [3.8, 4) is 84.2 Å². The number of unbranched alkanes of at least 4 members (excludes halogenated alkanes) is 38. The number of fused-ring (bicyclic) bond motifs is 4. The number of hydrogen-bond acceptors (Lipinski definition) is 14. The van der Waals surface area contributed by atoms with E-state index in [9.17, 15) is 30.6 Å². The van der Waals surface area contributed by atoms with Crippen molar-refractivity contribution in [2.24, 2.45) is 11.8 Å². The molecule has 8 aromatic heterocycles. The fourth-order valence-corrected chi connectivity index (χ4v) is 31.3. The van der Waals surface area contributed by atoms with Crippen LogP contribution in [0.3, 0.4) is 0 Å². The molecule has 0 spiro atoms. The molecule has 2 aliphatic carbocycles. The number of ketones is 2. The molecular formula is C124H154N4O2S8. The van der Waals surface area contributed by atoms with Crippen molar-refractivity contribution < 1.29 is 9.59 Å². The van der Waals surface area contributed by atoms with E-state index in [0.717, 1.165) is 86.8 Å². The topological polar surface area (TPSA) is 129 Å². The number of allylic oxidation sites excluding steroid dienone is 6. The Morgan fingerprint density at radius 2 is 0.565 bits per heavy atom. The molecule has 0 bridgehead atoms. The number of aryl methyl sites for hydroxylation is 4. The van der Waals surface area contributed by atoms with E-state index in [2.05, 4.69) is 140 Å². The van der Waals surface area contributed by atoms with Crippen molar-refractivity contribution in [1.82, 2.24) is 0 Å². The molecule has 0 N–H and O–H groups in total. The maximum absolute atomic E-state index is 14.8. The molecule has 11 aromatic rings. The number of hydrogen-bond donors (Lipinski definition) is 0. The molecule has 0 radical (unpaired) electrons. The summed E-state index contributed by atoms with van der Waals surface area (Å²) in [7, 11) is 0. The molecule has 0 aliphatic heterocycles. The molecule has 0 saturated carbocycles. The van der Waals surface area contributed by atoms with E-state index in [1.165, 1.54) is 382 Å². The molecule has 2 aliphatic rings. The van der Waals surface area contributed by atoms with Gasteiger partial charge in [-0.1, -0.05) is 386 Å². The molecule has 14 heteroatoms. The van der Waals surface area contributed by atoms with Gasteiger partial charge in [0.25, 0.3) is 0 Å². The van der Waals surface area contributed by atoms with Crippen LogP contribution in [0.2, 0.25) is 0 Å². The Labute approximate surface area is 862 Å². The lowest BCUT2D eigenvalue weighted by Gasteiger charge is -2.13. The first-order valence-electron chi connectivity index (χ1n) is 54.4. The average Bonchev–Trinajstić information content (AvgIpc) is 1.55. The molecule has 0 saturated heterocycles. The second kappa shape index (κ2) is 57.4. The number of carbonyl (C=O) groups is 2. The van der Waals surface area contributed by atoms with Gasteiger partial charge in [-0.2, -0.15) is 21.0 Å². The normalized spacial score (nSPS) is 13.6. The molecular weight excluding hydrogens is 1830 g/mol. The third-order valence-electron chi connectivity index (χ3n) is 29.1. The number of thiophene rings is 8. The molecule has 730 valence electrons. The Morgan fingerprint density at radius 1 is 0.290 bits per heavy atom. The molecule has 8 heterocycles. The van der Waals surface area contributed by atoms with E-state index in [1.807, 2.05) is 129 Å². The van der Waals surface area contributed by atoms with Crippen molar-refractivity contribution in [3.05, 3.63) is 196 Å². The van der Waals surface area contributed by atoms with Gasteiger partial charge in [0.2, 0.25) is 0 Å². The van der Waals surface area contributed by atoms with Crippen LogP contribution < -0.4 is 0 Å². The Bertz CT molecular complexity index is 5630. The van der Waals surface area contributed by atoms with Gasteiger partial charge in [0.15, 0.2) is 11.6 Å². The highest BCUT2D eigenvalue weighted by Crippen LogP contribution is 2.58. The first-order chi connectivity index (χ1) is 67.8. The lowest BCUT2D eigenvalue weighted by molar-refractivity contribution is 0.103. The van der Waals surface area contributed by atoms with Crippen molar-refractivity contribution >= 4 is 146 Å². The van der Waals surface area contributed by atoms with Crippen molar-refractivity contribution in [1.29, 1.82) is 21.0 Å². The van der Waals surface area contributed by atoms with E-state index in [0.29, 0.717) is 56.4 Å². The van der Waals surface area contributed by atoms with Crippen molar-refractivity contribution in [2.45, 2.75) is 402 Å². The Morgan fingerprint density at radius 3 is 0.862 bits per heavy atom. The molecule has 3 aromatic carbocycles. The van der Waals surface area contributed by atoms with Gasteiger partial charge in [-0.05, 0) is 182 Å². The maximum Gasteiger partial charge on any atom is 0.194 e. The van der Waals surface area contributed by atoms with E-state index >= 15 is 0 Å². The first-order valence-corrected chi connectivity index (χ1v) is 60.9. The molecule has 2 atom stereocenters. The molecule has 138 heavy (non-hydrogen) atoms. The maximum atomic E-state index is 14.8. The quantitative estimate of drug-likeness (QED) is 0.0212. The lowest BCUT2D eigenvalue weighted by atomic mass is 9.95. The SMILES string of the molecule is CCCCCCCCCCCCc1cc(/C=C2\C(=O)c3ccccc3C2=C(C#N)C#N)sc1-c1cc(CCCCCCCCCCCC)c(-c2cc3c(-c4ccc(CC(CC)CCCC)s4)c4sc(-c5sc(-c6sc(/C=C7\C(=O)c8ccccc8C7=C(C#N)C#N)cc6CCCCCCCCCCCC)cc5CCCCCCCCCCCC)cc4c(-c4ccc(CC(CC)CCCC)s4)c3s2)s1. The molecule has 13 rings (SSSR count). The van der Waals surface area contributed by atoms with Gasteiger partial charge >= 0.3 is 0 Å². The minimum atomic E-state index is -0.138. The third kappa shape index (κ3) is 28.8. The van der Waals surface area contributed by atoms with E-state index < -0.39 is 0 Å². The number of Topliss-reactive ketones (excluding diaryl/α,β-unsaturated/α-hetero) is 2. The van der Waals surface area contributed by atoms with Gasteiger partial charge in [0.1, 0.15) is 35.4 Å². The standard InChI is InChI=1S/C124H154N4O2S8/c1-9-17-23-27-31-35-39-43-47-51-61-89-75-97(79-103-113(93(83-125)84-126)99-65-55-57-67-101(99)117(103)129)133-119(89)109-77-91(63-53-49-45-41-37-33-29-25-19-11-3)121(135-109)111-81-105-115(107-71-69-95(131-107)73-87(15-7)59-21-13-5)124-106(116(123(105)137-111)108-72-70-96(132-108)74-88(16-8)60-22-14-6)82-112(138-124)122-92(64-54-50-46-42-38-34-30-26-20-12-4)78-110(136-122)120-90(62-52-48-44-40-36-32-28-24-18-10-2)76-98(134-120)80-104-114(94(85-127)86-128)100-66-56-58-68-102(100)118(104)130/h55-58,65-72,75-82,87-88H,9-54,59-64,73-74H2,1-8H3/b103-79-,104-80-. The third-order valence-corrected chi connectivity index (χ3v) is 39.0. The van der Waals surface area contributed by atoms with Crippen LogP contribution in [0.15, 0.2) is 131 Å². The minimum Gasteiger partial charge on any atom is -0.289 e. The first kappa shape index (κ1) is 107. The minimum absolute atomic E-state index is 0.0321. The van der Waals surface area contributed by atoms with Crippen molar-refractivity contribution in [3.63, 3.8) is 0 Å². The zero-order chi connectivity index (χ0) is 96.8. The number of nitrogens with zero attached hydrogens (tertiary/aromatic N) is 4. The highest BCUT2D eigenvalue weighted by Gasteiger charge is 2.36. The molecule has 0 amide bonds. The summed E-state index contributed by atoms with van der Waals surface area (Å²) in [6.45, 7) is 18.7. The second-order valence-corrected chi connectivity index (χ2v) is 48.4. The van der Waals surface area contributed by atoms with Gasteiger partial charge in [-0.25, -0.2) is 0 Å². The Hall–Kier alpha value is -7.96. The van der Waals surface area contributed by atoms with Crippen molar-refractivity contribution in [2.75, 3.05) is 0 Å². The highest BCUT2D eigenvalue weighted by atomic mass is 32.1. The van der Waals surface area contributed by atoms with Crippen LogP contribution in [0.5, 0.6) is 0 Å². The fraction of sp³-hybridized carbons (Fsp3) is 0.516. The summed E-state index contributed by atoms with van der Waals surface area (Å²) in [5.41, 5.74) is 12.3. The van der Waals surface area contributed by atoms with Crippen LogP contribution in [0.4, 0.5) is 0 Å². The summed E-state index contributed by atoms with van der Waals surface area (Å²) >= 11 is 15.7. The van der Waals surface area contributed by atoms with E-state index in [1.54, 1.807) is 22.7 Å². The summed E-state index contributed by atoms with van der Waals surface area (Å²) in [6.07, 6.45) is 70.4. The molecule has 0 fully saturated rings. The van der Waals surface area contributed by atoms with Gasteiger partial charge in [-0.15, -0.1) is 90.7 Å². The van der Waals surface area contributed by atoms with Gasteiger partial charge in [-0.3, -0.25) is 9.59 Å². The van der Waals surface area contributed by atoms with E-state index in [-0.39, 0.29) is 22.7 Å². The zero-order valence-corrected chi connectivity index (χ0v) is 91.3. The summed E-state index contributed by atoms with van der Waals surface area (Å²) in [4.78, 5) is 47.6. The molecule has 6 nitrogen and oxygen atoms in total. The van der Waals surface area contributed by atoms with Gasteiger partial charge < -0.3 is 0 Å².